The number of aromatic nitrogens is 1. The molecule has 1 heterocycles. The van der Waals surface area contributed by atoms with Crippen LogP contribution in [-0.2, 0) is 20.7 Å². The van der Waals surface area contributed by atoms with Crippen LogP contribution in [0.3, 0.4) is 0 Å². The first-order chi connectivity index (χ1) is 13.6. The summed E-state index contributed by atoms with van der Waals surface area (Å²) in [4.78, 5) is 40.5. The lowest BCUT2D eigenvalue weighted by molar-refractivity contribution is -0.146. The van der Waals surface area contributed by atoms with E-state index in [1.54, 1.807) is 57.2 Å². The van der Waals surface area contributed by atoms with Crippen LogP contribution in [0, 0.1) is 5.41 Å². The summed E-state index contributed by atoms with van der Waals surface area (Å²) in [5.41, 5.74) is 1.00. The van der Waals surface area contributed by atoms with E-state index in [1.807, 2.05) is 0 Å². The molecule has 0 saturated carbocycles. The highest BCUT2D eigenvalue weighted by Gasteiger charge is 2.28. The van der Waals surface area contributed by atoms with Gasteiger partial charge in [-0.15, -0.1) is 0 Å². The predicted octanol–water partition coefficient (Wildman–Crippen LogP) is 3.23. The third kappa shape index (κ3) is 6.29. The average Bonchev–Trinajstić information content (AvgIpc) is 2.67. The minimum atomic E-state index is -0.804. The summed E-state index contributed by atoms with van der Waals surface area (Å²) in [6.45, 7) is 5.30. The number of nitrogens with zero attached hydrogens (tertiary/aromatic N) is 1. The molecule has 2 rings (SSSR count). The molecule has 2 aromatic rings. The van der Waals surface area contributed by atoms with Crippen LogP contribution in [0.1, 0.15) is 36.7 Å². The molecule has 2 N–H and O–H groups in total. The van der Waals surface area contributed by atoms with Gasteiger partial charge in [-0.1, -0.05) is 44.5 Å². The van der Waals surface area contributed by atoms with E-state index in [-0.39, 0.29) is 29.0 Å². The molecule has 0 spiro atoms. The van der Waals surface area contributed by atoms with Gasteiger partial charge in [0.1, 0.15) is 11.2 Å². The van der Waals surface area contributed by atoms with E-state index in [0.717, 1.165) is 5.56 Å². The molecule has 0 aliphatic heterocycles. The summed E-state index contributed by atoms with van der Waals surface area (Å²) in [7, 11) is 1.28. The van der Waals surface area contributed by atoms with Gasteiger partial charge in [-0.2, -0.15) is 0 Å². The number of pyridine rings is 1. The molecule has 2 amide bonds. The Balaban J connectivity index is 2.07. The molecule has 0 aliphatic rings. The SMILES string of the molecule is COC(=O)[C@H](Cc1ccc(NC(=O)c2cccnc2Cl)cc1)NC(=O)C(C)(C)C. The smallest absolute Gasteiger partial charge is 0.328 e. The van der Waals surface area contributed by atoms with Crippen molar-refractivity contribution in [3.05, 3.63) is 58.9 Å². The van der Waals surface area contributed by atoms with Crippen LogP contribution in [0.25, 0.3) is 0 Å². The molecule has 0 radical (unpaired) electrons. The fourth-order valence-corrected chi connectivity index (χ4v) is 2.63. The molecule has 1 atom stereocenters. The molecule has 1 aromatic carbocycles. The molecule has 1 aromatic heterocycles. The number of nitrogens with one attached hydrogen (secondary N) is 2. The van der Waals surface area contributed by atoms with Crippen LogP contribution in [0.4, 0.5) is 5.69 Å². The number of hydrogen-bond donors (Lipinski definition) is 2. The van der Waals surface area contributed by atoms with E-state index < -0.39 is 17.4 Å². The molecule has 154 valence electrons. The first kappa shape index (κ1) is 22.4. The maximum absolute atomic E-state index is 12.3. The van der Waals surface area contributed by atoms with Gasteiger partial charge in [-0.05, 0) is 29.8 Å². The summed E-state index contributed by atoms with van der Waals surface area (Å²) in [5.74, 6) is -1.14. The number of halogens is 1. The lowest BCUT2D eigenvalue weighted by Crippen LogP contribution is -2.47. The van der Waals surface area contributed by atoms with Crippen LogP contribution >= 0.6 is 11.6 Å². The van der Waals surface area contributed by atoms with Gasteiger partial charge in [0.15, 0.2) is 0 Å². The van der Waals surface area contributed by atoms with Crippen molar-refractivity contribution in [1.82, 2.24) is 10.3 Å². The summed E-state index contributed by atoms with van der Waals surface area (Å²) < 4.78 is 4.81. The number of amides is 2. The highest BCUT2D eigenvalue weighted by molar-refractivity contribution is 6.33. The lowest BCUT2D eigenvalue weighted by Gasteiger charge is -2.23. The lowest BCUT2D eigenvalue weighted by atomic mass is 9.94. The van der Waals surface area contributed by atoms with Crippen molar-refractivity contribution in [2.75, 3.05) is 12.4 Å². The summed E-state index contributed by atoms with van der Waals surface area (Å²) >= 11 is 5.93. The maximum atomic E-state index is 12.3. The van der Waals surface area contributed by atoms with E-state index in [2.05, 4.69) is 15.6 Å². The number of esters is 1. The molecular weight excluding hydrogens is 394 g/mol. The molecule has 0 saturated heterocycles. The van der Waals surface area contributed by atoms with Gasteiger partial charge >= 0.3 is 5.97 Å². The normalized spacial score (nSPS) is 12.0. The first-order valence-electron chi connectivity index (χ1n) is 9.01. The van der Waals surface area contributed by atoms with E-state index in [4.69, 9.17) is 16.3 Å². The van der Waals surface area contributed by atoms with Gasteiger partial charge in [0.2, 0.25) is 5.91 Å². The van der Waals surface area contributed by atoms with Crippen molar-refractivity contribution >= 4 is 35.1 Å². The number of carbonyl (C=O) groups is 3. The van der Waals surface area contributed by atoms with Gasteiger partial charge in [0, 0.05) is 23.7 Å². The number of rotatable bonds is 6. The fourth-order valence-electron chi connectivity index (χ4n) is 2.42. The van der Waals surface area contributed by atoms with Crippen molar-refractivity contribution in [2.24, 2.45) is 5.41 Å². The Bertz CT molecular complexity index is 892. The van der Waals surface area contributed by atoms with Gasteiger partial charge in [-0.3, -0.25) is 9.59 Å². The van der Waals surface area contributed by atoms with Crippen LogP contribution in [0.15, 0.2) is 42.6 Å². The second kappa shape index (κ2) is 9.52. The number of carbonyl (C=O) groups excluding carboxylic acids is 3. The Labute approximate surface area is 174 Å². The van der Waals surface area contributed by atoms with Crippen LogP contribution in [0.2, 0.25) is 5.15 Å². The Kier molecular flexibility index (Phi) is 7.34. The molecule has 7 nitrogen and oxygen atoms in total. The van der Waals surface area contributed by atoms with Gasteiger partial charge in [0.25, 0.3) is 5.91 Å². The van der Waals surface area contributed by atoms with Crippen molar-refractivity contribution in [3.8, 4) is 0 Å². The van der Waals surface area contributed by atoms with E-state index in [9.17, 15) is 14.4 Å². The van der Waals surface area contributed by atoms with E-state index in [1.165, 1.54) is 13.3 Å². The van der Waals surface area contributed by atoms with Gasteiger partial charge in [0.05, 0.1) is 12.7 Å². The van der Waals surface area contributed by atoms with Crippen molar-refractivity contribution in [2.45, 2.75) is 33.2 Å². The summed E-state index contributed by atoms with van der Waals surface area (Å²) in [6, 6.07) is 9.34. The third-order valence-corrected chi connectivity index (χ3v) is 4.43. The van der Waals surface area contributed by atoms with E-state index >= 15 is 0 Å². The van der Waals surface area contributed by atoms with Crippen molar-refractivity contribution in [3.63, 3.8) is 0 Å². The monoisotopic (exact) mass is 417 g/mol. The zero-order valence-corrected chi connectivity index (χ0v) is 17.5. The molecule has 0 bridgehead atoms. The van der Waals surface area contributed by atoms with Crippen molar-refractivity contribution in [1.29, 1.82) is 0 Å². The standard InChI is InChI=1S/C21H24ClN3O4/c1-21(2,3)20(28)25-16(19(27)29-4)12-13-7-9-14(10-8-13)24-18(26)15-6-5-11-23-17(15)22/h5-11,16H,12H2,1-4H3,(H,24,26)(H,25,28)/t16-/m0/s1. The highest BCUT2D eigenvalue weighted by Crippen LogP contribution is 2.17. The first-order valence-corrected chi connectivity index (χ1v) is 9.39. The minimum Gasteiger partial charge on any atom is -0.467 e. The summed E-state index contributed by atoms with van der Waals surface area (Å²) in [5, 5.41) is 5.59. The average molecular weight is 418 g/mol. The number of ether oxygens (including phenoxy) is 1. The number of hydrogen-bond acceptors (Lipinski definition) is 5. The highest BCUT2D eigenvalue weighted by atomic mass is 35.5. The zero-order chi connectivity index (χ0) is 21.6. The van der Waals surface area contributed by atoms with Crippen LogP contribution < -0.4 is 10.6 Å². The Hall–Kier alpha value is -2.93. The maximum Gasteiger partial charge on any atom is 0.328 e. The predicted molar refractivity (Wildman–Crippen MR) is 111 cm³/mol. The van der Waals surface area contributed by atoms with Gasteiger partial charge < -0.3 is 15.4 Å². The molecule has 8 heteroatoms. The fraction of sp³-hybridized carbons (Fsp3) is 0.333. The van der Waals surface area contributed by atoms with Crippen molar-refractivity contribution < 1.29 is 19.1 Å². The quantitative estimate of drug-likeness (QED) is 0.555. The second-order valence-electron chi connectivity index (χ2n) is 7.50. The van der Waals surface area contributed by atoms with Crippen LogP contribution in [0.5, 0.6) is 0 Å². The Morgan fingerprint density at radius 1 is 1.14 bits per heavy atom. The molecule has 0 aliphatic carbocycles. The Morgan fingerprint density at radius 3 is 2.34 bits per heavy atom. The minimum absolute atomic E-state index is 0.122. The zero-order valence-electron chi connectivity index (χ0n) is 16.8. The third-order valence-electron chi connectivity index (χ3n) is 4.13. The molecule has 29 heavy (non-hydrogen) atoms. The molecular formula is C21H24ClN3O4. The second-order valence-corrected chi connectivity index (χ2v) is 7.85. The topological polar surface area (TPSA) is 97.4 Å². The largest absolute Gasteiger partial charge is 0.467 e. The Morgan fingerprint density at radius 2 is 1.79 bits per heavy atom. The number of benzene rings is 1. The molecule has 0 fully saturated rings. The van der Waals surface area contributed by atoms with E-state index in [0.29, 0.717) is 5.69 Å². The van der Waals surface area contributed by atoms with Gasteiger partial charge in [-0.25, -0.2) is 9.78 Å². The number of methoxy groups -OCH3 is 1. The summed E-state index contributed by atoms with van der Waals surface area (Å²) in [6.07, 6.45) is 1.77. The molecule has 0 unspecified atom stereocenters. The van der Waals surface area contributed by atoms with Crippen LogP contribution in [-0.4, -0.2) is 35.9 Å². The number of anilines is 1.